The summed E-state index contributed by atoms with van der Waals surface area (Å²) < 4.78 is 65.8. The third-order valence-electron chi connectivity index (χ3n) is 4.62. The minimum Gasteiger partial charge on any atom is -0.296 e. The third kappa shape index (κ3) is 5.55. The maximum Gasteiger partial charge on any atom is 0.416 e. The van der Waals surface area contributed by atoms with Gasteiger partial charge in [-0.1, -0.05) is 30.3 Å². The molecule has 1 fully saturated rings. The summed E-state index contributed by atoms with van der Waals surface area (Å²) in [6.45, 7) is 2.13. The van der Waals surface area contributed by atoms with Crippen molar-refractivity contribution in [2.45, 2.75) is 12.7 Å². The number of hydrogen-bond donors (Lipinski definition) is 1. The summed E-state index contributed by atoms with van der Waals surface area (Å²) in [6, 6.07) is 13.2. The molecule has 3 rings (SSSR count). The highest BCUT2D eigenvalue weighted by molar-refractivity contribution is 7.87. The van der Waals surface area contributed by atoms with Crippen LogP contribution in [-0.2, 0) is 22.9 Å². The molecule has 1 aliphatic heterocycles. The molecular weight excluding hydrogens is 407 g/mol. The summed E-state index contributed by atoms with van der Waals surface area (Å²) in [6.07, 6.45) is -4.53. The molecule has 0 aromatic heterocycles. The smallest absolute Gasteiger partial charge is 0.296 e. The van der Waals surface area contributed by atoms with Crippen molar-refractivity contribution in [2.75, 3.05) is 26.2 Å². The topological polar surface area (TPSA) is 69.7 Å². The van der Waals surface area contributed by atoms with Gasteiger partial charge in [0.25, 0.3) is 5.91 Å². The average Bonchev–Trinajstić information content (AvgIpc) is 2.68. The van der Waals surface area contributed by atoms with E-state index >= 15 is 0 Å². The van der Waals surface area contributed by atoms with Crippen molar-refractivity contribution >= 4 is 16.1 Å². The average molecular weight is 427 g/mol. The number of hydrogen-bond acceptors (Lipinski definition) is 4. The second-order valence-electron chi connectivity index (χ2n) is 6.67. The zero-order chi connectivity index (χ0) is 21.1. The number of rotatable bonds is 5. The Morgan fingerprint density at radius 2 is 1.52 bits per heavy atom. The second-order valence-corrected chi connectivity index (χ2v) is 8.34. The van der Waals surface area contributed by atoms with Gasteiger partial charge in [0.05, 0.1) is 5.56 Å². The molecule has 1 N–H and O–H groups in total. The minimum atomic E-state index is -4.53. The van der Waals surface area contributed by atoms with Crippen LogP contribution >= 0.6 is 0 Å². The van der Waals surface area contributed by atoms with Crippen LogP contribution in [0.15, 0.2) is 54.6 Å². The van der Waals surface area contributed by atoms with Crippen LogP contribution in [0.1, 0.15) is 21.5 Å². The predicted molar refractivity (Wildman–Crippen MR) is 101 cm³/mol. The Kier molecular flexibility index (Phi) is 6.25. The number of alkyl halides is 3. The Hall–Kier alpha value is -2.43. The molecule has 2 aromatic rings. The number of halogens is 3. The molecule has 1 amide bonds. The zero-order valence-corrected chi connectivity index (χ0v) is 16.2. The molecule has 0 radical (unpaired) electrons. The molecule has 1 aliphatic rings. The van der Waals surface area contributed by atoms with Gasteiger partial charge in [0.15, 0.2) is 0 Å². The van der Waals surface area contributed by atoms with Crippen LogP contribution in [0, 0.1) is 0 Å². The molecule has 0 atom stereocenters. The van der Waals surface area contributed by atoms with E-state index in [2.05, 4.69) is 4.90 Å². The van der Waals surface area contributed by atoms with E-state index < -0.39 is 27.9 Å². The van der Waals surface area contributed by atoms with Crippen molar-refractivity contribution in [2.24, 2.45) is 0 Å². The van der Waals surface area contributed by atoms with Crippen LogP contribution in [0.25, 0.3) is 0 Å². The zero-order valence-electron chi connectivity index (χ0n) is 15.4. The van der Waals surface area contributed by atoms with E-state index in [-0.39, 0.29) is 18.7 Å². The first-order chi connectivity index (χ1) is 13.6. The van der Waals surface area contributed by atoms with Crippen LogP contribution in [-0.4, -0.2) is 49.7 Å². The molecule has 10 heteroatoms. The summed E-state index contributed by atoms with van der Waals surface area (Å²) in [5, 5.41) is 0. The lowest BCUT2D eigenvalue weighted by atomic mass is 10.1. The van der Waals surface area contributed by atoms with E-state index in [0.29, 0.717) is 19.6 Å². The molecule has 156 valence electrons. The molecule has 1 heterocycles. The summed E-state index contributed by atoms with van der Waals surface area (Å²) in [7, 11) is -4.08. The van der Waals surface area contributed by atoms with Gasteiger partial charge in [-0.05, 0) is 29.8 Å². The van der Waals surface area contributed by atoms with Gasteiger partial charge in [0.1, 0.15) is 0 Å². The molecule has 0 unspecified atom stereocenters. The van der Waals surface area contributed by atoms with Crippen LogP contribution in [0.2, 0.25) is 0 Å². The van der Waals surface area contributed by atoms with Crippen molar-refractivity contribution in [3.8, 4) is 0 Å². The Labute approximate surface area is 167 Å². The van der Waals surface area contributed by atoms with Gasteiger partial charge in [0.2, 0.25) is 0 Å². The highest BCUT2D eigenvalue weighted by Crippen LogP contribution is 2.29. The van der Waals surface area contributed by atoms with Crippen molar-refractivity contribution in [1.29, 1.82) is 0 Å². The van der Waals surface area contributed by atoms with Gasteiger partial charge < -0.3 is 0 Å². The van der Waals surface area contributed by atoms with Gasteiger partial charge >= 0.3 is 16.4 Å². The van der Waals surface area contributed by atoms with Gasteiger partial charge in [-0.3, -0.25) is 9.69 Å². The first-order valence-corrected chi connectivity index (χ1v) is 10.3. The summed E-state index contributed by atoms with van der Waals surface area (Å²) >= 11 is 0. The number of carbonyl (C=O) groups is 1. The van der Waals surface area contributed by atoms with E-state index in [4.69, 9.17) is 0 Å². The number of carbonyl (C=O) groups excluding carboxylic acids is 1. The Morgan fingerprint density at radius 3 is 2.07 bits per heavy atom. The van der Waals surface area contributed by atoms with Gasteiger partial charge in [-0.2, -0.15) is 25.9 Å². The van der Waals surface area contributed by atoms with E-state index in [1.165, 1.54) is 0 Å². The molecule has 1 saturated heterocycles. The standard InChI is InChI=1S/C19H20F3N3O3S/c20-19(21,22)17-8-6-16(7-9-17)18(26)23-29(27,28)25-12-10-24(11-13-25)14-15-4-2-1-3-5-15/h1-9H,10-14H2,(H,23,26). The van der Waals surface area contributed by atoms with Crippen molar-refractivity contribution < 1.29 is 26.4 Å². The summed E-state index contributed by atoms with van der Waals surface area (Å²) in [5.41, 5.74) is 0.0511. The lowest BCUT2D eigenvalue weighted by Gasteiger charge is -2.33. The number of amides is 1. The monoisotopic (exact) mass is 427 g/mol. The first kappa shape index (κ1) is 21.3. The first-order valence-electron chi connectivity index (χ1n) is 8.91. The number of benzene rings is 2. The predicted octanol–water partition coefficient (Wildman–Crippen LogP) is 2.50. The van der Waals surface area contributed by atoms with Gasteiger partial charge in [-0.25, -0.2) is 4.72 Å². The van der Waals surface area contributed by atoms with E-state index in [1.807, 2.05) is 35.1 Å². The van der Waals surface area contributed by atoms with Crippen LogP contribution in [0.4, 0.5) is 13.2 Å². The third-order valence-corrected chi connectivity index (χ3v) is 6.10. The van der Waals surface area contributed by atoms with Crippen molar-refractivity contribution in [1.82, 2.24) is 13.9 Å². The maximum absolute atomic E-state index is 12.6. The number of nitrogens with one attached hydrogen (secondary N) is 1. The SMILES string of the molecule is O=C(NS(=O)(=O)N1CCN(Cc2ccccc2)CC1)c1ccc(C(F)(F)F)cc1. The molecular formula is C19H20F3N3O3S. The number of piperazine rings is 1. The van der Waals surface area contributed by atoms with Crippen molar-refractivity contribution in [3.05, 3.63) is 71.3 Å². The molecule has 2 aromatic carbocycles. The van der Waals surface area contributed by atoms with Crippen LogP contribution in [0.3, 0.4) is 0 Å². The normalized spacial score (nSPS) is 16.5. The van der Waals surface area contributed by atoms with E-state index in [1.54, 1.807) is 0 Å². The fraction of sp³-hybridized carbons (Fsp3) is 0.316. The number of nitrogens with zero attached hydrogens (tertiary/aromatic N) is 2. The van der Waals surface area contributed by atoms with E-state index in [9.17, 15) is 26.4 Å². The Morgan fingerprint density at radius 1 is 0.931 bits per heavy atom. The molecule has 0 spiro atoms. The lowest BCUT2D eigenvalue weighted by Crippen LogP contribution is -2.52. The molecule has 6 nitrogen and oxygen atoms in total. The van der Waals surface area contributed by atoms with Crippen LogP contribution < -0.4 is 4.72 Å². The highest BCUT2D eigenvalue weighted by atomic mass is 32.2. The molecule has 0 saturated carbocycles. The molecule has 29 heavy (non-hydrogen) atoms. The largest absolute Gasteiger partial charge is 0.416 e. The Balaban J connectivity index is 1.56. The quantitative estimate of drug-likeness (QED) is 0.796. The highest BCUT2D eigenvalue weighted by Gasteiger charge is 2.31. The van der Waals surface area contributed by atoms with Crippen LogP contribution in [0.5, 0.6) is 0 Å². The fourth-order valence-electron chi connectivity index (χ4n) is 3.02. The van der Waals surface area contributed by atoms with Gasteiger partial charge in [0, 0.05) is 38.3 Å². The van der Waals surface area contributed by atoms with Gasteiger partial charge in [-0.15, -0.1) is 0 Å². The minimum absolute atomic E-state index is 0.163. The molecule has 0 bridgehead atoms. The second kappa shape index (κ2) is 8.52. The molecule has 0 aliphatic carbocycles. The van der Waals surface area contributed by atoms with Crippen molar-refractivity contribution in [3.63, 3.8) is 0 Å². The van der Waals surface area contributed by atoms with E-state index in [0.717, 1.165) is 34.1 Å². The Bertz CT molecular complexity index is 940. The maximum atomic E-state index is 12.6. The fourth-order valence-corrected chi connectivity index (χ4v) is 4.15. The summed E-state index contributed by atoms with van der Waals surface area (Å²) in [4.78, 5) is 14.3. The summed E-state index contributed by atoms with van der Waals surface area (Å²) in [5.74, 6) is -0.967. The lowest BCUT2D eigenvalue weighted by molar-refractivity contribution is -0.137.